The van der Waals surface area contributed by atoms with Crippen LogP contribution < -0.4 is 5.32 Å². The molecule has 0 bridgehead atoms. The molecule has 2 aliphatic heterocycles. The molecule has 2 fully saturated rings. The first-order valence-corrected chi connectivity index (χ1v) is 11.9. The summed E-state index contributed by atoms with van der Waals surface area (Å²) in [6.07, 6.45) is 1.37. The maximum atomic E-state index is 12.6. The number of ether oxygens (including phenoxy) is 1. The van der Waals surface area contributed by atoms with Crippen LogP contribution in [0.1, 0.15) is 18.4 Å². The average molecular weight is 465 g/mol. The van der Waals surface area contributed by atoms with Crippen molar-refractivity contribution in [3.05, 3.63) is 66.2 Å². The molecule has 34 heavy (non-hydrogen) atoms. The van der Waals surface area contributed by atoms with Crippen LogP contribution in [0.3, 0.4) is 0 Å². The van der Waals surface area contributed by atoms with E-state index in [1.165, 1.54) is 5.56 Å². The second-order valence-electron chi connectivity index (χ2n) is 8.83. The summed E-state index contributed by atoms with van der Waals surface area (Å²) in [6.45, 7) is 4.35. The molecule has 2 heterocycles. The predicted octanol–water partition coefficient (Wildman–Crippen LogP) is 2.82. The maximum Gasteiger partial charge on any atom is 0.321 e. The molecule has 0 aromatic heterocycles. The number of amides is 3. The van der Waals surface area contributed by atoms with Gasteiger partial charge in [-0.2, -0.15) is 0 Å². The Labute approximate surface area is 200 Å². The topological polar surface area (TPSA) is 82.2 Å². The molecule has 180 valence electrons. The number of urea groups is 1. The van der Waals surface area contributed by atoms with Gasteiger partial charge in [-0.1, -0.05) is 48.5 Å². The third kappa shape index (κ3) is 6.57. The van der Waals surface area contributed by atoms with Gasteiger partial charge < -0.3 is 19.9 Å². The third-order valence-electron chi connectivity index (χ3n) is 6.38. The molecule has 2 saturated heterocycles. The minimum absolute atomic E-state index is 0.165. The molecule has 0 aliphatic carbocycles. The van der Waals surface area contributed by atoms with Crippen LogP contribution in [0.5, 0.6) is 0 Å². The molecule has 4 rings (SSSR count). The summed E-state index contributed by atoms with van der Waals surface area (Å²) in [5.74, 6) is -0.985. The zero-order valence-electron chi connectivity index (χ0n) is 19.4. The van der Waals surface area contributed by atoms with E-state index < -0.39 is 11.9 Å². The number of piperidine rings is 1. The van der Waals surface area contributed by atoms with Gasteiger partial charge in [0.25, 0.3) is 5.91 Å². The van der Waals surface area contributed by atoms with Crippen LogP contribution in [0.25, 0.3) is 0 Å². The van der Waals surface area contributed by atoms with E-state index in [-0.39, 0.29) is 18.5 Å². The lowest BCUT2D eigenvalue weighted by Crippen LogP contribution is -2.49. The van der Waals surface area contributed by atoms with Crippen LogP contribution in [0.15, 0.2) is 60.7 Å². The van der Waals surface area contributed by atoms with Crippen LogP contribution in [-0.2, 0) is 20.9 Å². The van der Waals surface area contributed by atoms with Gasteiger partial charge >= 0.3 is 12.0 Å². The first kappa shape index (κ1) is 23.8. The van der Waals surface area contributed by atoms with Crippen molar-refractivity contribution in [2.45, 2.75) is 19.4 Å². The highest BCUT2D eigenvalue weighted by atomic mass is 16.5. The van der Waals surface area contributed by atoms with Crippen molar-refractivity contribution < 1.29 is 19.1 Å². The Morgan fingerprint density at radius 3 is 2.24 bits per heavy atom. The lowest BCUT2D eigenvalue weighted by molar-refractivity contribution is -0.157. The Balaban J connectivity index is 1.18. The number of esters is 1. The number of benzene rings is 2. The van der Waals surface area contributed by atoms with Crippen molar-refractivity contribution >= 4 is 23.6 Å². The number of carbonyl (C=O) groups is 3. The SMILES string of the molecule is O=C(OCC(=O)N1CCN(Cc2ccccc2)CC1)[C@H]1CCCN(C(=O)Nc2ccccc2)C1. The van der Waals surface area contributed by atoms with Gasteiger partial charge in [-0.3, -0.25) is 14.5 Å². The lowest BCUT2D eigenvalue weighted by atomic mass is 9.98. The largest absolute Gasteiger partial charge is 0.455 e. The zero-order chi connectivity index (χ0) is 23.8. The smallest absolute Gasteiger partial charge is 0.321 e. The van der Waals surface area contributed by atoms with Crippen molar-refractivity contribution in [1.82, 2.24) is 14.7 Å². The Hall–Kier alpha value is -3.39. The molecular weight excluding hydrogens is 432 g/mol. The first-order valence-electron chi connectivity index (χ1n) is 11.9. The number of para-hydroxylation sites is 1. The fraction of sp³-hybridized carbons (Fsp3) is 0.423. The highest BCUT2D eigenvalue weighted by Crippen LogP contribution is 2.19. The van der Waals surface area contributed by atoms with Crippen molar-refractivity contribution in [2.75, 3.05) is 51.2 Å². The van der Waals surface area contributed by atoms with E-state index in [1.807, 2.05) is 48.5 Å². The molecule has 0 spiro atoms. The number of nitrogens with one attached hydrogen (secondary N) is 1. The monoisotopic (exact) mass is 464 g/mol. The summed E-state index contributed by atoms with van der Waals surface area (Å²) in [7, 11) is 0. The number of anilines is 1. The molecule has 2 aliphatic rings. The Morgan fingerprint density at radius 2 is 1.53 bits per heavy atom. The summed E-state index contributed by atoms with van der Waals surface area (Å²) in [5, 5.41) is 2.85. The average Bonchev–Trinajstić information content (AvgIpc) is 2.89. The highest BCUT2D eigenvalue weighted by Gasteiger charge is 2.30. The van der Waals surface area contributed by atoms with E-state index in [0.29, 0.717) is 38.3 Å². The lowest BCUT2D eigenvalue weighted by Gasteiger charge is -2.35. The number of hydrogen-bond donors (Lipinski definition) is 1. The summed E-state index contributed by atoms with van der Waals surface area (Å²) < 4.78 is 5.36. The van der Waals surface area contributed by atoms with E-state index in [4.69, 9.17) is 4.74 Å². The molecular formula is C26H32N4O4. The van der Waals surface area contributed by atoms with Crippen LogP contribution in [0.4, 0.5) is 10.5 Å². The molecule has 2 aromatic rings. The normalized spacial score (nSPS) is 18.9. The Bertz CT molecular complexity index is 961. The Morgan fingerprint density at radius 1 is 0.853 bits per heavy atom. The summed E-state index contributed by atoms with van der Waals surface area (Å²) >= 11 is 0. The number of hydrogen-bond acceptors (Lipinski definition) is 5. The van der Waals surface area contributed by atoms with E-state index in [0.717, 1.165) is 26.1 Å². The zero-order valence-corrected chi connectivity index (χ0v) is 19.4. The van der Waals surface area contributed by atoms with Crippen LogP contribution in [-0.4, -0.2) is 78.5 Å². The fourth-order valence-corrected chi connectivity index (χ4v) is 4.42. The summed E-state index contributed by atoms with van der Waals surface area (Å²) in [5.41, 5.74) is 1.97. The molecule has 0 radical (unpaired) electrons. The predicted molar refractivity (Wildman–Crippen MR) is 129 cm³/mol. The van der Waals surface area contributed by atoms with Gasteiger partial charge in [0.15, 0.2) is 6.61 Å². The minimum atomic E-state index is -0.411. The standard InChI is InChI=1S/C26H32N4O4/c31-24(29-16-14-28(15-17-29)18-21-8-3-1-4-9-21)20-34-25(32)22-10-7-13-30(19-22)26(33)27-23-11-5-2-6-12-23/h1-6,8-9,11-12,22H,7,10,13-20H2,(H,27,33)/t22-/m0/s1. The van der Waals surface area contributed by atoms with Gasteiger partial charge in [-0.25, -0.2) is 4.79 Å². The molecule has 8 heteroatoms. The van der Waals surface area contributed by atoms with Crippen molar-refractivity contribution in [1.29, 1.82) is 0 Å². The quantitative estimate of drug-likeness (QED) is 0.665. The molecule has 8 nitrogen and oxygen atoms in total. The summed E-state index contributed by atoms with van der Waals surface area (Å²) in [6, 6.07) is 19.3. The van der Waals surface area contributed by atoms with Crippen LogP contribution >= 0.6 is 0 Å². The number of rotatable bonds is 6. The van der Waals surface area contributed by atoms with Gasteiger partial charge in [-0.15, -0.1) is 0 Å². The number of piperazine rings is 1. The van der Waals surface area contributed by atoms with E-state index >= 15 is 0 Å². The highest BCUT2D eigenvalue weighted by molar-refractivity contribution is 5.90. The summed E-state index contributed by atoms with van der Waals surface area (Å²) in [4.78, 5) is 43.5. The first-order chi connectivity index (χ1) is 16.6. The molecule has 1 atom stereocenters. The second-order valence-corrected chi connectivity index (χ2v) is 8.83. The van der Waals surface area contributed by atoms with Gasteiger partial charge in [0.1, 0.15) is 0 Å². The Kier molecular flexibility index (Phi) is 8.14. The number of nitrogens with zero attached hydrogens (tertiary/aromatic N) is 3. The van der Waals surface area contributed by atoms with Crippen LogP contribution in [0.2, 0.25) is 0 Å². The second kappa shape index (κ2) is 11.7. The van der Waals surface area contributed by atoms with Gasteiger partial charge in [-0.05, 0) is 30.5 Å². The van der Waals surface area contributed by atoms with E-state index in [2.05, 4.69) is 22.3 Å². The van der Waals surface area contributed by atoms with Crippen LogP contribution in [0, 0.1) is 5.92 Å². The molecule has 2 aromatic carbocycles. The molecule has 0 saturated carbocycles. The molecule has 0 unspecified atom stereocenters. The maximum absolute atomic E-state index is 12.6. The van der Waals surface area contributed by atoms with Gasteiger partial charge in [0.05, 0.1) is 5.92 Å². The van der Waals surface area contributed by atoms with Crippen molar-refractivity contribution in [3.8, 4) is 0 Å². The number of likely N-dealkylation sites (tertiary alicyclic amines) is 1. The van der Waals surface area contributed by atoms with Gasteiger partial charge in [0.2, 0.25) is 0 Å². The molecule has 3 amide bonds. The van der Waals surface area contributed by atoms with Crippen molar-refractivity contribution in [2.24, 2.45) is 5.92 Å². The van der Waals surface area contributed by atoms with E-state index in [9.17, 15) is 14.4 Å². The number of carbonyl (C=O) groups excluding carboxylic acids is 3. The van der Waals surface area contributed by atoms with Crippen molar-refractivity contribution in [3.63, 3.8) is 0 Å². The fourth-order valence-electron chi connectivity index (χ4n) is 4.42. The van der Waals surface area contributed by atoms with Gasteiger partial charge in [0, 0.05) is 51.5 Å². The molecule has 1 N–H and O–H groups in total. The van der Waals surface area contributed by atoms with E-state index in [1.54, 1.807) is 9.80 Å². The minimum Gasteiger partial charge on any atom is -0.455 e. The third-order valence-corrected chi connectivity index (χ3v) is 6.38.